The lowest BCUT2D eigenvalue weighted by Crippen LogP contribution is -2.48. The van der Waals surface area contributed by atoms with E-state index in [1.165, 1.54) is 39.2 Å². The number of nitrogens with one attached hydrogen (secondary N) is 1. The van der Waals surface area contributed by atoms with Crippen molar-refractivity contribution in [3.8, 4) is 0 Å². The molecule has 0 aromatic rings. The fourth-order valence-corrected chi connectivity index (χ4v) is 2.31. The Labute approximate surface area is 129 Å². The van der Waals surface area contributed by atoms with Crippen LogP contribution in [0.5, 0.6) is 0 Å². The van der Waals surface area contributed by atoms with Crippen LogP contribution in [0.4, 0.5) is 0 Å². The van der Waals surface area contributed by atoms with Gasteiger partial charge in [-0.25, -0.2) is 0 Å². The largest absolute Gasteiger partial charge is 0.390 e. The lowest BCUT2D eigenvalue weighted by atomic mass is 10.0. The highest BCUT2D eigenvalue weighted by Crippen LogP contribution is 2.10. The molecule has 0 amide bonds. The van der Waals surface area contributed by atoms with E-state index >= 15 is 0 Å². The average molecular weight is 305 g/mol. The molecule has 5 nitrogen and oxygen atoms in total. The van der Waals surface area contributed by atoms with Crippen LogP contribution in [-0.2, 0) is 4.74 Å². The molecule has 4 N–H and O–H groups in total. The SMILES string of the molecule is CCCCCCCCNC[C@H](OC)[C@@H](O)[C@H](O)[C@H](O)CC. The van der Waals surface area contributed by atoms with Gasteiger partial charge in [-0.2, -0.15) is 0 Å². The average Bonchev–Trinajstić information content (AvgIpc) is 2.51. The van der Waals surface area contributed by atoms with Crippen LogP contribution in [0, 0.1) is 0 Å². The van der Waals surface area contributed by atoms with Gasteiger partial charge in [0.2, 0.25) is 0 Å². The summed E-state index contributed by atoms with van der Waals surface area (Å²) in [5.74, 6) is 0. The monoisotopic (exact) mass is 305 g/mol. The topological polar surface area (TPSA) is 82.0 Å². The fourth-order valence-electron chi connectivity index (χ4n) is 2.31. The van der Waals surface area contributed by atoms with Crippen LogP contribution in [-0.4, -0.2) is 59.9 Å². The second-order valence-electron chi connectivity index (χ2n) is 5.70. The zero-order chi connectivity index (χ0) is 16.1. The first-order chi connectivity index (χ1) is 10.1. The lowest BCUT2D eigenvalue weighted by molar-refractivity contribution is -0.113. The van der Waals surface area contributed by atoms with Crippen molar-refractivity contribution in [2.75, 3.05) is 20.2 Å². The van der Waals surface area contributed by atoms with E-state index in [4.69, 9.17) is 4.74 Å². The zero-order valence-electron chi connectivity index (χ0n) is 13.9. The van der Waals surface area contributed by atoms with Crippen LogP contribution in [0.25, 0.3) is 0 Å². The molecule has 128 valence electrons. The minimum absolute atomic E-state index is 0.403. The summed E-state index contributed by atoms with van der Waals surface area (Å²) in [6.45, 7) is 5.33. The van der Waals surface area contributed by atoms with Crippen molar-refractivity contribution in [3.63, 3.8) is 0 Å². The van der Waals surface area contributed by atoms with Crippen LogP contribution in [0.3, 0.4) is 0 Å². The predicted molar refractivity (Wildman–Crippen MR) is 85.4 cm³/mol. The Bertz CT molecular complexity index is 228. The van der Waals surface area contributed by atoms with Crippen molar-refractivity contribution in [1.82, 2.24) is 5.32 Å². The first-order valence-electron chi connectivity index (χ1n) is 8.36. The van der Waals surface area contributed by atoms with Crippen LogP contribution >= 0.6 is 0 Å². The van der Waals surface area contributed by atoms with E-state index in [-0.39, 0.29) is 0 Å². The molecule has 0 unspecified atom stereocenters. The molecular formula is C16H35NO4. The van der Waals surface area contributed by atoms with Gasteiger partial charge < -0.3 is 25.4 Å². The van der Waals surface area contributed by atoms with Gasteiger partial charge in [0.25, 0.3) is 0 Å². The summed E-state index contributed by atoms with van der Waals surface area (Å²) in [6, 6.07) is 0. The molecule has 0 aliphatic rings. The summed E-state index contributed by atoms with van der Waals surface area (Å²) < 4.78 is 5.20. The highest BCUT2D eigenvalue weighted by atomic mass is 16.5. The van der Waals surface area contributed by atoms with Crippen LogP contribution in [0.15, 0.2) is 0 Å². The number of hydrogen-bond donors (Lipinski definition) is 4. The van der Waals surface area contributed by atoms with Gasteiger partial charge in [0.15, 0.2) is 0 Å². The number of unbranched alkanes of at least 4 members (excludes halogenated alkanes) is 5. The van der Waals surface area contributed by atoms with Crippen molar-refractivity contribution in [2.45, 2.75) is 83.2 Å². The van der Waals surface area contributed by atoms with E-state index in [0.717, 1.165) is 13.0 Å². The number of ether oxygens (including phenoxy) is 1. The summed E-state index contributed by atoms with van der Waals surface area (Å²) in [4.78, 5) is 0. The Hall–Kier alpha value is -0.200. The van der Waals surface area contributed by atoms with E-state index in [1.54, 1.807) is 6.92 Å². The minimum atomic E-state index is -1.17. The number of aliphatic hydroxyl groups excluding tert-OH is 3. The van der Waals surface area contributed by atoms with Crippen LogP contribution in [0.2, 0.25) is 0 Å². The van der Waals surface area contributed by atoms with Crippen molar-refractivity contribution in [3.05, 3.63) is 0 Å². The van der Waals surface area contributed by atoms with Gasteiger partial charge >= 0.3 is 0 Å². The third-order valence-corrected chi connectivity index (χ3v) is 3.90. The molecular weight excluding hydrogens is 270 g/mol. The first-order valence-corrected chi connectivity index (χ1v) is 8.36. The number of aliphatic hydroxyl groups is 3. The van der Waals surface area contributed by atoms with Gasteiger partial charge in [-0.1, -0.05) is 46.0 Å². The Morgan fingerprint density at radius 1 is 0.905 bits per heavy atom. The van der Waals surface area contributed by atoms with Gasteiger partial charge in [-0.3, -0.25) is 0 Å². The number of rotatable bonds is 14. The summed E-state index contributed by atoms with van der Waals surface area (Å²) in [5.41, 5.74) is 0. The minimum Gasteiger partial charge on any atom is -0.390 e. The van der Waals surface area contributed by atoms with Gasteiger partial charge in [0.1, 0.15) is 12.2 Å². The number of hydrogen-bond acceptors (Lipinski definition) is 5. The van der Waals surface area contributed by atoms with Crippen molar-refractivity contribution >= 4 is 0 Å². The van der Waals surface area contributed by atoms with Crippen molar-refractivity contribution < 1.29 is 20.1 Å². The highest BCUT2D eigenvalue weighted by molar-refractivity contribution is 4.82. The van der Waals surface area contributed by atoms with Gasteiger partial charge in [0.05, 0.1) is 12.2 Å². The molecule has 0 aromatic heterocycles. The maximum atomic E-state index is 10.0. The van der Waals surface area contributed by atoms with Crippen molar-refractivity contribution in [1.29, 1.82) is 0 Å². The number of methoxy groups -OCH3 is 1. The second kappa shape index (κ2) is 13.5. The molecule has 5 heteroatoms. The standard InChI is InChI=1S/C16H35NO4/c1-4-6-7-8-9-10-11-17-12-14(21-3)16(20)15(19)13(18)5-2/h13-20H,4-12H2,1-3H3/t13-,14+,15-,16-/m1/s1. The maximum absolute atomic E-state index is 10.0. The lowest BCUT2D eigenvalue weighted by Gasteiger charge is -2.28. The van der Waals surface area contributed by atoms with Gasteiger partial charge in [-0.15, -0.1) is 0 Å². The summed E-state index contributed by atoms with van der Waals surface area (Å²) in [7, 11) is 1.51. The van der Waals surface area contributed by atoms with Gasteiger partial charge in [0, 0.05) is 13.7 Å². The quantitative estimate of drug-likeness (QED) is 0.365. The maximum Gasteiger partial charge on any atom is 0.110 e. The van der Waals surface area contributed by atoms with Crippen LogP contribution in [0.1, 0.15) is 58.8 Å². The molecule has 0 rings (SSSR count). The Morgan fingerprint density at radius 2 is 1.52 bits per heavy atom. The first kappa shape index (κ1) is 20.8. The molecule has 0 aromatic carbocycles. The Balaban J connectivity index is 3.79. The third-order valence-electron chi connectivity index (χ3n) is 3.90. The van der Waals surface area contributed by atoms with Gasteiger partial charge in [-0.05, 0) is 19.4 Å². The molecule has 4 atom stereocenters. The van der Waals surface area contributed by atoms with E-state index < -0.39 is 24.4 Å². The zero-order valence-corrected chi connectivity index (χ0v) is 13.9. The molecule has 0 aliphatic heterocycles. The molecule has 0 saturated heterocycles. The molecule has 0 heterocycles. The second-order valence-corrected chi connectivity index (χ2v) is 5.70. The Morgan fingerprint density at radius 3 is 2.10 bits per heavy atom. The normalized spacial score (nSPS) is 17.4. The predicted octanol–water partition coefficient (Wildman–Crippen LogP) is 1.44. The molecule has 0 aliphatic carbocycles. The van der Waals surface area contributed by atoms with E-state index in [9.17, 15) is 15.3 Å². The van der Waals surface area contributed by atoms with E-state index in [0.29, 0.717) is 13.0 Å². The smallest absolute Gasteiger partial charge is 0.110 e. The highest BCUT2D eigenvalue weighted by Gasteiger charge is 2.30. The molecule has 0 radical (unpaired) electrons. The van der Waals surface area contributed by atoms with Crippen LogP contribution < -0.4 is 5.32 Å². The molecule has 0 fully saturated rings. The molecule has 0 saturated carbocycles. The summed E-state index contributed by atoms with van der Waals surface area (Å²) >= 11 is 0. The van der Waals surface area contributed by atoms with E-state index in [1.807, 2.05) is 0 Å². The van der Waals surface area contributed by atoms with Crippen molar-refractivity contribution in [2.24, 2.45) is 0 Å². The molecule has 0 spiro atoms. The third kappa shape index (κ3) is 9.42. The molecule has 21 heavy (non-hydrogen) atoms. The fraction of sp³-hybridized carbons (Fsp3) is 1.00. The Kier molecular flexibility index (Phi) is 13.3. The summed E-state index contributed by atoms with van der Waals surface area (Å²) in [5, 5.41) is 32.6. The van der Waals surface area contributed by atoms with E-state index in [2.05, 4.69) is 12.2 Å². The molecule has 0 bridgehead atoms. The summed E-state index contributed by atoms with van der Waals surface area (Å²) in [6.07, 6.45) is 4.18.